The fourth-order valence-corrected chi connectivity index (χ4v) is 1.92. The molecule has 0 spiro atoms. The summed E-state index contributed by atoms with van der Waals surface area (Å²) >= 11 is 0. The largest absolute Gasteiger partial charge is 0.284 e. The second-order valence-electron chi connectivity index (χ2n) is 4.33. The van der Waals surface area contributed by atoms with Crippen LogP contribution >= 0.6 is 0 Å². The molecule has 0 bridgehead atoms. The van der Waals surface area contributed by atoms with E-state index in [4.69, 9.17) is 0 Å². The summed E-state index contributed by atoms with van der Waals surface area (Å²) in [6, 6.07) is 2.40. The number of hydrogen-bond donors (Lipinski definition) is 0. The molecule has 0 amide bonds. The molecule has 0 aliphatic heterocycles. The molecule has 0 unspecified atom stereocenters. The minimum atomic E-state index is 0.127. The van der Waals surface area contributed by atoms with E-state index in [1.165, 1.54) is 0 Å². The standard InChI is InChI=1S/C12H22N2O/c1-6-9(3)13-11(5)8-12(15)14(13)10(4)7-2/h8-10H,6-7H2,1-5H3/t9-,10-/m1/s1. The quantitative estimate of drug-likeness (QED) is 0.750. The van der Waals surface area contributed by atoms with Gasteiger partial charge in [0.1, 0.15) is 0 Å². The zero-order valence-electron chi connectivity index (χ0n) is 10.4. The van der Waals surface area contributed by atoms with Gasteiger partial charge in [-0.25, -0.2) is 4.68 Å². The Morgan fingerprint density at radius 1 is 1.13 bits per heavy atom. The zero-order chi connectivity index (χ0) is 11.6. The van der Waals surface area contributed by atoms with E-state index >= 15 is 0 Å². The molecule has 0 aliphatic rings. The summed E-state index contributed by atoms with van der Waals surface area (Å²) < 4.78 is 4.03. The topological polar surface area (TPSA) is 26.9 Å². The van der Waals surface area contributed by atoms with Crippen molar-refractivity contribution in [2.45, 2.75) is 59.5 Å². The molecule has 0 saturated carbocycles. The van der Waals surface area contributed by atoms with Crippen molar-refractivity contribution in [2.75, 3.05) is 0 Å². The minimum absolute atomic E-state index is 0.127. The van der Waals surface area contributed by atoms with Gasteiger partial charge >= 0.3 is 0 Å². The van der Waals surface area contributed by atoms with Gasteiger partial charge in [0.05, 0.1) is 6.04 Å². The molecule has 3 heteroatoms. The van der Waals surface area contributed by atoms with Crippen molar-refractivity contribution in [1.82, 2.24) is 9.36 Å². The first-order valence-electron chi connectivity index (χ1n) is 5.83. The summed E-state index contributed by atoms with van der Waals surface area (Å²) in [4.78, 5) is 11.8. The Bertz CT molecular complexity index is 375. The average molecular weight is 210 g/mol. The molecule has 0 aliphatic carbocycles. The Balaban J connectivity index is 3.29. The Labute approximate surface area is 91.7 Å². The summed E-state index contributed by atoms with van der Waals surface area (Å²) in [6.45, 7) is 10.5. The minimum Gasteiger partial charge on any atom is -0.284 e. The molecule has 0 aromatic carbocycles. The highest BCUT2D eigenvalue weighted by Crippen LogP contribution is 2.16. The summed E-state index contributed by atoms with van der Waals surface area (Å²) in [7, 11) is 0. The van der Waals surface area contributed by atoms with Gasteiger partial charge in [0.15, 0.2) is 0 Å². The first kappa shape index (κ1) is 12.1. The van der Waals surface area contributed by atoms with Gasteiger partial charge in [-0.15, -0.1) is 0 Å². The third-order valence-corrected chi connectivity index (χ3v) is 3.17. The van der Waals surface area contributed by atoms with Crippen molar-refractivity contribution in [3.63, 3.8) is 0 Å². The van der Waals surface area contributed by atoms with Gasteiger partial charge in [-0.05, 0) is 33.6 Å². The molecule has 0 radical (unpaired) electrons. The Hall–Kier alpha value is -0.990. The maximum Gasteiger partial charge on any atom is 0.267 e. The lowest BCUT2D eigenvalue weighted by molar-refractivity contribution is 0.321. The monoisotopic (exact) mass is 210 g/mol. The SMILES string of the molecule is CC[C@@H](C)n1c(C)cc(=O)n1[C@H](C)CC. The third kappa shape index (κ3) is 2.16. The van der Waals surface area contributed by atoms with Crippen LogP contribution in [0.25, 0.3) is 0 Å². The molecule has 0 saturated heterocycles. The second-order valence-corrected chi connectivity index (χ2v) is 4.33. The number of nitrogens with zero attached hydrogens (tertiary/aromatic N) is 2. The molecule has 1 aromatic rings. The smallest absolute Gasteiger partial charge is 0.267 e. The fourth-order valence-electron chi connectivity index (χ4n) is 1.92. The van der Waals surface area contributed by atoms with Crippen molar-refractivity contribution < 1.29 is 0 Å². The van der Waals surface area contributed by atoms with E-state index in [0.717, 1.165) is 18.5 Å². The van der Waals surface area contributed by atoms with E-state index in [-0.39, 0.29) is 11.6 Å². The van der Waals surface area contributed by atoms with Crippen molar-refractivity contribution in [3.8, 4) is 0 Å². The van der Waals surface area contributed by atoms with E-state index in [2.05, 4.69) is 32.4 Å². The average Bonchev–Trinajstić information content (AvgIpc) is 2.51. The van der Waals surface area contributed by atoms with E-state index in [0.29, 0.717) is 6.04 Å². The van der Waals surface area contributed by atoms with E-state index < -0.39 is 0 Å². The van der Waals surface area contributed by atoms with Crippen molar-refractivity contribution in [2.24, 2.45) is 0 Å². The van der Waals surface area contributed by atoms with Gasteiger partial charge in [-0.1, -0.05) is 13.8 Å². The molecule has 86 valence electrons. The van der Waals surface area contributed by atoms with Crippen LogP contribution in [0.3, 0.4) is 0 Å². The number of aromatic nitrogens is 2. The van der Waals surface area contributed by atoms with E-state index in [1.54, 1.807) is 6.07 Å². The molecular weight excluding hydrogens is 188 g/mol. The van der Waals surface area contributed by atoms with Crippen LogP contribution in [0.2, 0.25) is 0 Å². The van der Waals surface area contributed by atoms with Crippen LogP contribution in [-0.4, -0.2) is 9.36 Å². The number of aryl methyl sites for hydroxylation is 1. The maximum absolute atomic E-state index is 11.8. The predicted octanol–water partition coefficient (Wildman–Crippen LogP) is 2.90. The van der Waals surface area contributed by atoms with Gasteiger partial charge in [-0.2, -0.15) is 0 Å². The van der Waals surface area contributed by atoms with Crippen LogP contribution in [-0.2, 0) is 0 Å². The summed E-state index contributed by atoms with van der Waals surface area (Å²) in [5, 5.41) is 0. The van der Waals surface area contributed by atoms with E-state index in [9.17, 15) is 4.79 Å². The first-order chi connectivity index (χ1) is 7.02. The Kier molecular flexibility index (Phi) is 3.77. The summed E-state index contributed by atoms with van der Waals surface area (Å²) in [6.07, 6.45) is 2.03. The third-order valence-electron chi connectivity index (χ3n) is 3.17. The van der Waals surface area contributed by atoms with Crippen LogP contribution in [0, 0.1) is 6.92 Å². The highest BCUT2D eigenvalue weighted by atomic mass is 16.1. The van der Waals surface area contributed by atoms with Crippen molar-refractivity contribution in [3.05, 3.63) is 22.1 Å². The van der Waals surface area contributed by atoms with Gasteiger partial charge in [0.2, 0.25) is 0 Å². The molecule has 2 atom stereocenters. The Morgan fingerprint density at radius 3 is 2.07 bits per heavy atom. The number of rotatable bonds is 4. The van der Waals surface area contributed by atoms with Crippen LogP contribution in [0.4, 0.5) is 0 Å². The lowest BCUT2D eigenvalue weighted by Gasteiger charge is -2.23. The predicted molar refractivity (Wildman–Crippen MR) is 63.4 cm³/mol. The van der Waals surface area contributed by atoms with Crippen molar-refractivity contribution >= 4 is 0 Å². The van der Waals surface area contributed by atoms with Gasteiger partial charge in [0, 0.05) is 17.8 Å². The van der Waals surface area contributed by atoms with E-state index in [1.807, 2.05) is 11.6 Å². The molecular formula is C12H22N2O. The molecule has 1 aromatic heterocycles. The fraction of sp³-hybridized carbons (Fsp3) is 0.750. The van der Waals surface area contributed by atoms with Gasteiger partial charge in [0.25, 0.3) is 5.56 Å². The molecule has 0 fully saturated rings. The van der Waals surface area contributed by atoms with Gasteiger partial charge in [-0.3, -0.25) is 9.48 Å². The summed E-state index contributed by atoms with van der Waals surface area (Å²) in [5.74, 6) is 0. The van der Waals surface area contributed by atoms with Crippen LogP contribution in [0.15, 0.2) is 10.9 Å². The molecule has 15 heavy (non-hydrogen) atoms. The second kappa shape index (κ2) is 4.69. The van der Waals surface area contributed by atoms with Crippen LogP contribution < -0.4 is 5.56 Å². The normalized spacial score (nSPS) is 15.3. The number of hydrogen-bond acceptors (Lipinski definition) is 1. The molecule has 1 rings (SSSR count). The zero-order valence-corrected chi connectivity index (χ0v) is 10.4. The van der Waals surface area contributed by atoms with Crippen LogP contribution in [0.5, 0.6) is 0 Å². The first-order valence-corrected chi connectivity index (χ1v) is 5.83. The lowest BCUT2D eigenvalue weighted by atomic mass is 10.2. The van der Waals surface area contributed by atoms with Gasteiger partial charge < -0.3 is 0 Å². The molecule has 3 nitrogen and oxygen atoms in total. The highest BCUT2D eigenvalue weighted by Gasteiger charge is 2.15. The van der Waals surface area contributed by atoms with Crippen LogP contribution in [0.1, 0.15) is 58.3 Å². The van der Waals surface area contributed by atoms with Crippen molar-refractivity contribution in [1.29, 1.82) is 0 Å². The maximum atomic E-state index is 11.8. The summed E-state index contributed by atoms with van der Waals surface area (Å²) in [5.41, 5.74) is 1.19. The Morgan fingerprint density at radius 2 is 1.60 bits per heavy atom. The highest BCUT2D eigenvalue weighted by molar-refractivity contribution is 5.01. The molecule has 1 heterocycles. The molecule has 0 N–H and O–H groups in total. The lowest BCUT2D eigenvalue weighted by Crippen LogP contribution is -2.27.